The molecule has 24 heavy (non-hydrogen) atoms. The van der Waals surface area contributed by atoms with Gasteiger partial charge in [-0.2, -0.15) is 0 Å². The molecule has 0 radical (unpaired) electrons. The summed E-state index contributed by atoms with van der Waals surface area (Å²) >= 11 is 5.34. The summed E-state index contributed by atoms with van der Waals surface area (Å²) in [6.07, 6.45) is 0. The van der Waals surface area contributed by atoms with Crippen LogP contribution in [0.4, 0.5) is 10.1 Å². The fourth-order valence-corrected chi connectivity index (χ4v) is 2.65. The fourth-order valence-electron chi connectivity index (χ4n) is 2.35. The molecular formula is C19H23FN2OS. The molecule has 0 aliphatic heterocycles. The number of rotatable bonds is 5. The van der Waals surface area contributed by atoms with Crippen molar-refractivity contribution < 1.29 is 9.13 Å². The van der Waals surface area contributed by atoms with Crippen molar-refractivity contribution in [2.75, 3.05) is 12.4 Å². The van der Waals surface area contributed by atoms with E-state index < -0.39 is 0 Å². The molecule has 0 saturated heterocycles. The molecule has 0 bridgehead atoms. The van der Waals surface area contributed by atoms with Gasteiger partial charge in [0.2, 0.25) is 0 Å². The molecule has 2 aromatic carbocycles. The topological polar surface area (TPSA) is 33.3 Å². The predicted molar refractivity (Wildman–Crippen MR) is 101 cm³/mol. The smallest absolute Gasteiger partial charge is 0.171 e. The third kappa shape index (κ3) is 4.68. The van der Waals surface area contributed by atoms with Gasteiger partial charge in [0, 0.05) is 5.69 Å². The quantitative estimate of drug-likeness (QED) is 0.746. The third-order valence-corrected chi connectivity index (χ3v) is 4.08. The van der Waals surface area contributed by atoms with Crippen LogP contribution in [-0.2, 0) is 0 Å². The van der Waals surface area contributed by atoms with Gasteiger partial charge in [-0.05, 0) is 60.5 Å². The van der Waals surface area contributed by atoms with Crippen LogP contribution < -0.4 is 15.4 Å². The zero-order valence-corrected chi connectivity index (χ0v) is 15.2. The molecule has 3 nitrogen and oxygen atoms in total. The average Bonchev–Trinajstić information content (AvgIpc) is 2.55. The van der Waals surface area contributed by atoms with Gasteiger partial charge in [-0.15, -0.1) is 0 Å². The van der Waals surface area contributed by atoms with Crippen molar-refractivity contribution in [3.63, 3.8) is 0 Å². The van der Waals surface area contributed by atoms with Crippen molar-refractivity contribution in [3.8, 4) is 5.75 Å². The Bertz CT molecular complexity index is 701. The molecule has 0 saturated carbocycles. The summed E-state index contributed by atoms with van der Waals surface area (Å²) in [7, 11) is 1.45. The van der Waals surface area contributed by atoms with Crippen LogP contribution in [0.3, 0.4) is 0 Å². The molecule has 0 aliphatic carbocycles. The SMILES string of the molecule is COc1ccc([C@@H](C)NC(=S)Nc2ccc(C(C)C)cc2)cc1F. The lowest BCUT2D eigenvalue weighted by Gasteiger charge is -2.18. The van der Waals surface area contributed by atoms with Gasteiger partial charge in [-0.25, -0.2) is 4.39 Å². The van der Waals surface area contributed by atoms with Gasteiger partial charge in [0.1, 0.15) is 0 Å². The highest BCUT2D eigenvalue weighted by molar-refractivity contribution is 7.80. The van der Waals surface area contributed by atoms with Crippen molar-refractivity contribution in [1.82, 2.24) is 5.32 Å². The fraction of sp³-hybridized carbons (Fsp3) is 0.316. The van der Waals surface area contributed by atoms with E-state index in [2.05, 4.69) is 36.6 Å². The Kier molecular flexibility index (Phi) is 6.15. The molecule has 5 heteroatoms. The Morgan fingerprint density at radius 1 is 1.04 bits per heavy atom. The first-order valence-electron chi connectivity index (χ1n) is 7.91. The standard InChI is InChI=1S/C19H23FN2OS/c1-12(2)14-5-8-16(9-6-14)22-19(24)21-13(3)15-7-10-18(23-4)17(20)11-15/h5-13H,1-4H3,(H2,21,22,24)/t13-/m1/s1. The average molecular weight is 346 g/mol. The molecule has 2 rings (SSSR count). The Morgan fingerprint density at radius 3 is 2.21 bits per heavy atom. The highest BCUT2D eigenvalue weighted by atomic mass is 32.1. The molecule has 0 aliphatic rings. The Labute approximate surface area is 148 Å². The van der Waals surface area contributed by atoms with Crippen LogP contribution in [0, 0.1) is 5.82 Å². The first-order chi connectivity index (χ1) is 11.4. The summed E-state index contributed by atoms with van der Waals surface area (Å²) in [5.74, 6) is 0.345. The van der Waals surface area contributed by atoms with E-state index >= 15 is 0 Å². The Balaban J connectivity index is 1.97. The van der Waals surface area contributed by atoms with Gasteiger partial charge in [-0.3, -0.25) is 0 Å². The molecule has 0 spiro atoms. The number of anilines is 1. The second kappa shape index (κ2) is 8.11. The van der Waals surface area contributed by atoms with Gasteiger partial charge in [0.05, 0.1) is 13.2 Å². The predicted octanol–water partition coefficient (Wildman–Crippen LogP) is 5.01. The van der Waals surface area contributed by atoms with Crippen molar-refractivity contribution in [2.45, 2.75) is 32.7 Å². The second-order valence-electron chi connectivity index (χ2n) is 5.99. The van der Waals surface area contributed by atoms with Crippen molar-refractivity contribution in [1.29, 1.82) is 0 Å². The number of halogens is 1. The lowest BCUT2D eigenvalue weighted by molar-refractivity contribution is 0.386. The molecule has 2 aromatic rings. The summed E-state index contributed by atoms with van der Waals surface area (Å²) < 4.78 is 18.7. The van der Waals surface area contributed by atoms with Crippen LogP contribution >= 0.6 is 12.2 Å². The normalized spacial score (nSPS) is 11.9. The molecule has 0 amide bonds. The van der Waals surface area contributed by atoms with Gasteiger partial charge in [0.15, 0.2) is 16.7 Å². The van der Waals surface area contributed by atoms with Gasteiger partial charge in [0.25, 0.3) is 0 Å². The van der Waals surface area contributed by atoms with E-state index in [1.807, 2.05) is 25.1 Å². The minimum atomic E-state index is -0.383. The molecule has 0 fully saturated rings. The lowest BCUT2D eigenvalue weighted by atomic mass is 10.0. The molecule has 0 aromatic heterocycles. The maximum absolute atomic E-state index is 13.8. The van der Waals surface area contributed by atoms with Crippen molar-refractivity contribution in [3.05, 3.63) is 59.4 Å². The van der Waals surface area contributed by atoms with Gasteiger partial charge in [-0.1, -0.05) is 32.0 Å². The molecule has 0 heterocycles. The van der Waals surface area contributed by atoms with Crippen molar-refractivity contribution >= 4 is 23.0 Å². The summed E-state index contributed by atoms with van der Waals surface area (Å²) in [6.45, 7) is 6.24. The van der Waals surface area contributed by atoms with E-state index in [1.165, 1.54) is 18.7 Å². The monoisotopic (exact) mass is 346 g/mol. The maximum atomic E-state index is 13.8. The number of thiocarbonyl (C=S) groups is 1. The van der Waals surface area contributed by atoms with E-state index in [1.54, 1.807) is 6.07 Å². The Morgan fingerprint density at radius 2 is 1.67 bits per heavy atom. The number of hydrogen-bond acceptors (Lipinski definition) is 2. The van der Waals surface area contributed by atoms with Gasteiger partial charge >= 0.3 is 0 Å². The molecule has 1 atom stereocenters. The van der Waals surface area contributed by atoms with E-state index in [4.69, 9.17) is 17.0 Å². The number of ether oxygens (including phenoxy) is 1. The first kappa shape index (κ1) is 18.2. The zero-order valence-electron chi connectivity index (χ0n) is 14.4. The Hall–Kier alpha value is -2.14. The van der Waals surface area contributed by atoms with Crippen molar-refractivity contribution in [2.24, 2.45) is 0 Å². The van der Waals surface area contributed by atoms with E-state index in [0.29, 0.717) is 11.0 Å². The molecular weight excluding hydrogens is 323 g/mol. The molecule has 0 unspecified atom stereocenters. The zero-order chi connectivity index (χ0) is 17.7. The van der Waals surface area contributed by atoms with E-state index in [-0.39, 0.29) is 17.6 Å². The third-order valence-electron chi connectivity index (χ3n) is 3.86. The van der Waals surface area contributed by atoms with E-state index in [9.17, 15) is 4.39 Å². The van der Waals surface area contributed by atoms with Crippen LogP contribution in [0.2, 0.25) is 0 Å². The summed E-state index contributed by atoms with van der Waals surface area (Å²) in [4.78, 5) is 0. The number of hydrogen-bond donors (Lipinski definition) is 2. The van der Waals surface area contributed by atoms with Crippen LogP contribution in [0.5, 0.6) is 5.75 Å². The molecule has 2 N–H and O–H groups in total. The summed E-state index contributed by atoms with van der Waals surface area (Å²) in [6, 6.07) is 12.9. The van der Waals surface area contributed by atoms with E-state index in [0.717, 1.165) is 11.3 Å². The summed E-state index contributed by atoms with van der Waals surface area (Å²) in [5, 5.41) is 6.80. The minimum absolute atomic E-state index is 0.125. The number of benzene rings is 2. The highest BCUT2D eigenvalue weighted by Crippen LogP contribution is 2.22. The molecule has 128 valence electrons. The number of nitrogens with one attached hydrogen (secondary N) is 2. The van der Waals surface area contributed by atoms with Gasteiger partial charge < -0.3 is 15.4 Å². The largest absolute Gasteiger partial charge is 0.494 e. The van der Waals surface area contributed by atoms with Crippen LogP contribution in [0.15, 0.2) is 42.5 Å². The minimum Gasteiger partial charge on any atom is -0.494 e. The summed E-state index contributed by atoms with van der Waals surface area (Å²) in [5.41, 5.74) is 3.00. The first-order valence-corrected chi connectivity index (χ1v) is 8.32. The lowest BCUT2D eigenvalue weighted by Crippen LogP contribution is -2.30. The number of methoxy groups -OCH3 is 1. The van der Waals surface area contributed by atoms with Crippen LogP contribution in [0.25, 0.3) is 0 Å². The maximum Gasteiger partial charge on any atom is 0.171 e. The highest BCUT2D eigenvalue weighted by Gasteiger charge is 2.11. The van der Waals surface area contributed by atoms with Crippen LogP contribution in [0.1, 0.15) is 43.9 Å². The second-order valence-corrected chi connectivity index (χ2v) is 6.40. The van der Waals surface area contributed by atoms with Crippen LogP contribution in [-0.4, -0.2) is 12.2 Å².